The highest BCUT2D eigenvalue weighted by Crippen LogP contribution is 2.35. The van der Waals surface area contributed by atoms with Crippen molar-refractivity contribution in [2.45, 2.75) is 63.3 Å². The molecule has 2 aromatic rings. The van der Waals surface area contributed by atoms with Crippen LogP contribution in [0.25, 0.3) is 11.2 Å². The Morgan fingerprint density at radius 2 is 1.92 bits per heavy atom. The van der Waals surface area contributed by atoms with Crippen LogP contribution in [0.15, 0.2) is 4.73 Å². The normalized spacial score (nSPS) is 30.4. The highest BCUT2D eigenvalue weighted by Gasteiger charge is 2.43. The van der Waals surface area contributed by atoms with Crippen molar-refractivity contribution < 1.29 is 19.7 Å². The number of ether oxygens (including phenoxy) is 2. The molecule has 10 heteroatoms. The Morgan fingerprint density at radius 1 is 1.20 bits per heavy atom. The molecule has 4 rings (SSSR count). The molecule has 25 heavy (non-hydrogen) atoms. The summed E-state index contributed by atoms with van der Waals surface area (Å²) in [6.07, 6.45) is 0.828. The Balaban J connectivity index is 1.76. The predicted molar refractivity (Wildman–Crippen MR) is 91.9 cm³/mol. The molecule has 1 unspecified atom stereocenters. The first-order chi connectivity index (χ1) is 12.0. The Kier molecular flexibility index (Phi) is 4.30. The molecule has 0 radical (unpaired) electrons. The standard InChI is InChI=1S/C15H20BrN5O4/c1-6-9(22)10(23)13(24-6)21-12-8(18-14(21)16)11(17)19-15(20-12)25-7-4-2-3-5-7/h6-7,9-10,13,22-23H,2-5H2,1H3,(H2,17,19,20)/t6-,9-,10-,13?/m1/s1. The maximum absolute atomic E-state index is 10.3. The molecule has 3 heterocycles. The number of anilines is 1. The van der Waals surface area contributed by atoms with Crippen molar-refractivity contribution in [1.29, 1.82) is 0 Å². The Labute approximate surface area is 152 Å². The minimum atomic E-state index is -1.11. The van der Waals surface area contributed by atoms with Gasteiger partial charge < -0.3 is 25.4 Å². The molecule has 4 atom stereocenters. The van der Waals surface area contributed by atoms with E-state index in [1.54, 1.807) is 11.5 Å². The first-order valence-electron chi connectivity index (χ1n) is 8.35. The lowest BCUT2D eigenvalue weighted by Gasteiger charge is -2.18. The van der Waals surface area contributed by atoms with E-state index in [2.05, 4.69) is 30.9 Å². The van der Waals surface area contributed by atoms with Gasteiger partial charge in [-0.15, -0.1) is 0 Å². The van der Waals surface area contributed by atoms with Crippen molar-refractivity contribution >= 4 is 32.9 Å². The zero-order chi connectivity index (χ0) is 17.7. The smallest absolute Gasteiger partial charge is 0.320 e. The van der Waals surface area contributed by atoms with E-state index < -0.39 is 24.5 Å². The molecule has 0 aromatic carbocycles. The molecular weight excluding hydrogens is 394 g/mol. The van der Waals surface area contributed by atoms with Gasteiger partial charge in [-0.2, -0.15) is 9.97 Å². The highest BCUT2D eigenvalue weighted by atomic mass is 79.9. The fraction of sp³-hybridized carbons (Fsp3) is 0.667. The van der Waals surface area contributed by atoms with Gasteiger partial charge in [0.1, 0.15) is 18.3 Å². The summed E-state index contributed by atoms with van der Waals surface area (Å²) in [5.74, 6) is 0.193. The molecule has 1 saturated heterocycles. The quantitative estimate of drug-likeness (QED) is 0.638. The first-order valence-corrected chi connectivity index (χ1v) is 9.14. The molecule has 1 saturated carbocycles. The zero-order valence-corrected chi connectivity index (χ0v) is 15.3. The van der Waals surface area contributed by atoms with Crippen LogP contribution >= 0.6 is 15.9 Å². The van der Waals surface area contributed by atoms with Crippen molar-refractivity contribution in [2.24, 2.45) is 0 Å². The van der Waals surface area contributed by atoms with Crippen LogP contribution in [0.1, 0.15) is 38.8 Å². The largest absolute Gasteiger partial charge is 0.460 e. The summed E-state index contributed by atoms with van der Waals surface area (Å²) < 4.78 is 13.5. The number of nitrogens with two attached hydrogens (primary N) is 1. The van der Waals surface area contributed by atoms with Gasteiger partial charge in [0.2, 0.25) is 0 Å². The highest BCUT2D eigenvalue weighted by molar-refractivity contribution is 9.10. The number of hydrogen-bond donors (Lipinski definition) is 3. The van der Waals surface area contributed by atoms with Crippen molar-refractivity contribution in [1.82, 2.24) is 19.5 Å². The molecule has 2 aromatic heterocycles. The van der Waals surface area contributed by atoms with Gasteiger partial charge in [0.25, 0.3) is 0 Å². The number of fused-ring (bicyclic) bond motifs is 1. The zero-order valence-electron chi connectivity index (χ0n) is 13.7. The van der Waals surface area contributed by atoms with Crippen molar-refractivity contribution in [2.75, 3.05) is 5.73 Å². The van der Waals surface area contributed by atoms with Gasteiger partial charge in [-0.25, -0.2) is 4.98 Å². The SMILES string of the molecule is C[C@H]1OC(n2c(Br)nc3c(N)nc(OC4CCCC4)nc32)[C@H](O)[C@@H]1O. The number of aliphatic hydroxyl groups excluding tert-OH is 2. The number of halogens is 1. The minimum absolute atomic E-state index is 0.0897. The third-order valence-corrected chi connectivity index (χ3v) is 5.37. The number of imidazole rings is 1. The maximum atomic E-state index is 10.3. The van der Waals surface area contributed by atoms with Gasteiger partial charge in [0.15, 0.2) is 27.9 Å². The molecular formula is C15H20BrN5O4. The molecule has 1 aliphatic carbocycles. The van der Waals surface area contributed by atoms with E-state index >= 15 is 0 Å². The van der Waals surface area contributed by atoms with Crippen LogP contribution in [-0.4, -0.2) is 54.1 Å². The summed E-state index contributed by atoms with van der Waals surface area (Å²) in [5, 5.41) is 20.3. The molecule has 0 bridgehead atoms. The first kappa shape index (κ1) is 17.0. The van der Waals surface area contributed by atoms with E-state index in [1.807, 2.05) is 0 Å². The Hall–Kier alpha value is -1.49. The maximum Gasteiger partial charge on any atom is 0.320 e. The summed E-state index contributed by atoms with van der Waals surface area (Å²) >= 11 is 3.35. The second-order valence-corrected chi connectivity index (χ2v) is 7.26. The van der Waals surface area contributed by atoms with Gasteiger partial charge >= 0.3 is 6.01 Å². The van der Waals surface area contributed by atoms with Crippen molar-refractivity contribution in [3.05, 3.63) is 4.73 Å². The van der Waals surface area contributed by atoms with Gasteiger partial charge in [-0.05, 0) is 48.5 Å². The second-order valence-electron chi connectivity index (χ2n) is 6.55. The lowest BCUT2D eigenvalue weighted by atomic mass is 10.1. The number of rotatable bonds is 3. The molecule has 2 aliphatic rings. The van der Waals surface area contributed by atoms with E-state index in [9.17, 15) is 10.2 Å². The monoisotopic (exact) mass is 413 g/mol. The fourth-order valence-electron chi connectivity index (χ4n) is 3.42. The third-order valence-electron chi connectivity index (χ3n) is 4.81. The number of aliphatic hydroxyl groups is 2. The topological polar surface area (TPSA) is 129 Å². The van der Waals surface area contributed by atoms with Crippen LogP contribution in [0.2, 0.25) is 0 Å². The van der Waals surface area contributed by atoms with E-state index in [0.29, 0.717) is 15.9 Å². The van der Waals surface area contributed by atoms with Gasteiger partial charge in [0, 0.05) is 0 Å². The molecule has 0 spiro atoms. The van der Waals surface area contributed by atoms with E-state index in [-0.39, 0.29) is 17.9 Å². The van der Waals surface area contributed by atoms with Gasteiger partial charge in [0.05, 0.1) is 6.10 Å². The van der Waals surface area contributed by atoms with Crippen molar-refractivity contribution in [3.8, 4) is 6.01 Å². The predicted octanol–water partition coefficient (Wildman–Crippen LogP) is 1.13. The Morgan fingerprint density at radius 3 is 2.56 bits per heavy atom. The lowest BCUT2D eigenvalue weighted by Crippen LogP contribution is -2.30. The molecule has 1 aliphatic heterocycles. The minimum Gasteiger partial charge on any atom is -0.460 e. The van der Waals surface area contributed by atoms with Crippen molar-refractivity contribution in [3.63, 3.8) is 0 Å². The fourth-order valence-corrected chi connectivity index (χ4v) is 3.97. The third kappa shape index (κ3) is 2.86. The molecule has 136 valence electrons. The van der Waals surface area contributed by atoms with Crippen LogP contribution in [-0.2, 0) is 4.74 Å². The number of nitrogens with zero attached hydrogens (tertiary/aromatic N) is 4. The summed E-state index contributed by atoms with van der Waals surface area (Å²) in [4.78, 5) is 12.9. The molecule has 2 fully saturated rings. The van der Waals surface area contributed by atoms with E-state index in [0.717, 1.165) is 25.7 Å². The number of nitrogen functional groups attached to an aromatic ring is 1. The van der Waals surface area contributed by atoms with Crippen LogP contribution < -0.4 is 10.5 Å². The molecule has 4 N–H and O–H groups in total. The van der Waals surface area contributed by atoms with E-state index in [1.165, 1.54) is 0 Å². The van der Waals surface area contributed by atoms with Crippen LogP contribution in [0.5, 0.6) is 6.01 Å². The van der Waals surface area contributed by atoms with Gasteiger partial charge in [-0.1, -0.05) is 0 Å². The van der Waals surface area contributed by atoms with Crippen LogP contribution in [0.4, 0.5) is 5.82 Å². The average molecular weight is 414 g/mol. The molecule has 0 amide bonds. The Bertz CT molecular complexity index is 794. The van der Waals surface area contributed by atoms with Crippen LogP contribution in [0.3, 0.4) is 0 Å². The summed E-state index contributed by atoms with van der Waals surface area (Å²) in [7, 11) is 0. The van der Waals surface area contributed by atoms with Gasteiger partial charge in [-0.3, -0.25) is 4.57 Å². The second kappa shape index (κ2) is 6.35. The summed E-state index contributed by atoms with van der Waals surface area (Å²) in [5.41, 5.74) is 6.79. The number of aromatic nitrogens is 4. The van der Waals surface area contributed by atoms with Crippen LogP contribution in [0, 0.1) is 0 Å². The number of hydrogen-bond acceptors (Lipinski definition) is 8. The average Bonchev–Trinajstić information content (AvgIpc) is 3.24. The lowest BCUT2D eigenvalue weighted by molar-refractivity contribution is -0.0313. The molecule has 9 nitrogen and oxygen atoms in total. The summed E-state index contributed by atoms with van der Waals surface area (Å²) in [6, 6.07) is 0.187. The summed E-state index contributed by atoms with van der Waals surface area (Å²) in [6.45, 7) is 1.69. The van der Waals surface area contributed by atoms with E-state index in [4.69, 9.17) is 15.2 Å².